The summed E-state index contributed by atoms with van der Waals surface area (Å²) >= 11 is 5.38. The van der Waals surface area contributed by atoms with Gasteiger partial charge >= 0.3 is 0 Å². The average Bonchev–Trinajstić information content (AvgIpc) is 2.87. The van der Waals surface area contributed by atoms with Gasteiger partial charge in [-0.2, -0.15) is 0 Å². The number of hydrogen-bond donors (Lipinski definition) is 1. The molecule has 0 bridgehead atoms. The Morgan fingerprint density at radius 1 is 1.50 bits per heavy atom. The Balaban J connectivity index is 1.71. The molecule has 90 valence electrons. The molecule has 0 radical (unpaired) electrons. The van der Waals surface area contributed by atoms with Gasteiger partial charge in [-0.25, -0.2) is 0 Å². The van der Waals surface area contributed by atoms with Crippen LogP contribution in [-0.2, 0) is 6.54 Å². The lowest BCUT2D eigenvalue weighted by Crippen LogP contribution is -2.37. The number of rotatable bonds is 5. The molecule has 1 atom stereocenters. The van der Waals surface area contributed by atoms with Gasteiger partial charge in [-0.1, -0.05) is 0 Å². The number of halogens is 1. The van der Waals surface area contributed by atoms with E-state index in [0.29, 0.717) is 6.04 Å². The minimum absolute atomic E-state index is 0.576. The summed E-state index contributed by atoms with van der Waals surface area (Å²) in [4.78, 5) is 3.95. The first-order valence-corrected chi connectivity index (χ1v) is 7.60. The zero-order valence-electron chi connectivity index (χ0n) is 9.71. The summed E-state index contributed by atoms with van der Waals surface area (Å²) in [6.07, 6.45) is 2.76. The lowest BCUT2D eigenvalue weighted by Gasteiger charge is -2.21. The molecule has 1 aromatic rings. The highest BCUT2D eigenvalue weighted by Gasteiger charge is 2.14. The van der Waals surface area contributed by atoms with E-state index in [4.69, 9.17) is 0 Å². The molecular formula is C12H19BrN2S. The summed E-state index contributed by atoms with van der Waals surface area (Å²) in [6.45, 7) is 7.01. The average molecular weight is 303 g/mol. The number of hydrogen-bond acceptors (Lipinski definition) is 3. The number of thiophene rings is 1. The van der Waals surface area contributed by atoms with Crippen LogP contribution in [0.15, 0.2) is 15.9 Å². The quantitative estimate of drug-likeness (QED) is 0.899. The van der Waals surface area contributed by atoms with Crippen LogP contribution >= 0.6 is 27.3 Å². The summed E-state index contributed by atoms with van der Waals surface area (Å²) in [5.41, 5.74) is 0. The van der Waals surface area contributed by atoms with E-state index in [9.17, 15) is 0 Å². The largest absolute Gasteiger partial charge is 0.308 e. The van der Waals surface area contributed by atoms with Crippen molar-refractivity contribution in [2.75, 3.05) is 19.6 Å². The van der Waals surface area contributed by atoms with Crippen molar-refractivity contribution in [3.8, 4) is 0 Å². The normalized spacial score (nSPS) is 19.1. The lowest BCUT2D eigenvalue weighted by molar-refractivity contribution is 0.298. The highest BCUT2D eigenvalue weighted by molar-refractivity contribution is 9.10. The Morgan fingerprint density at radius 2 is 2.25 bits per heavy atom. The van der Waals surface area contributed by atoms with E-state index < -0.39 is 0 Å². The van der Waals surface area contributed by atoms with E-state index in [-0.39, 0.29) is 0 Å². The summed E-state index contributed by atoms with van der Waals surface area (Å²) in [6, 6.07) is 2.69. The van der Waals surface area contributed by atoms with Crippen molar-refractivity contribution < 1.29 is 0 Å². The Kier molecular flexibility index (Phi) is 4.82. The van der Waals surface area contributed by atoms with E-state index in [1.807, 2.05) is 11.3 Å². The van der Waals surface area contributed by atoms with Crippen LogP contribution in [0.2, 0.25) is 0 Å². The van der Waals surface area contributed by atoms with Crippen LogP contribution in [0, 0.1) is 0 Å². The van der Waals surface area contributed by atoms with Crippen molar-refractivity contribution in [2.24, 2.45) is 0 Å². The first-order chi connectivity index (χ1) is 7.75. The van der Waals surface area contributed by atoms with Crippen LogP contribution in [0.1, 0.15) is 24.6 Å². The van der Waals surface area contributed by atoms with Gasteiger partial charge in [0.25, 0.3) is 0 Å². The molecular weight excluding hydrogens is 284 g/mol. The summed E-state index contributed by atoms with van der Waals surface area (Å²) in [7, 11) is 0. The summed E-state index contributed by atoms with van der Waals surface area (Å²) in [5.74, 6) is 0. The summed E-state index contributed by atoms with van der Waals surface area (Å²) < 4.78 is 1.23. The van der Waals surface area contributed by atoms with Gasteiger partial charge in [-0.15, -0.1) is 11.3 Å². The molecule has 1 saturated heterocycles. The number of likely N-dealkylation sites (tertiary alicyclic amines) is 1. The SMILES string of the molecule is CC(CN1CCCC1)NCc1sccc1Br. The second-order valence-corrected chi connectivity index (χ2v) is 6.34. The zero-order valence-corrected chi connectivity index (χ0v) is 12.1. The molecule has 1 fully saturated rings. The zero-order chi connectivity index (χ0) is 11.4. The van der Waals surface area contributed by atoms with Gasteiger partial charge in [-0.05, 0) is 60.2 Å². The molecule has 2 nitrogen and oxygen atoms in total. The maximum Gasteiger partial charge on any atom is 0.0327 e. The van der Waals surface area contributed by atoms with Crippen molar-refractivity contribution >= 4 is 27.3 Å². The van der Waals surface area contributed by atoms with Crippen LogP contribution in [0.25, 0.3) is 0 Å². The van der Waals surface area contributed by atoms with Crippen molar-refractivity contribution in [3.63, 3.8) is 0 Å². The van der Waals surface area contributed by atoms with Gasteiger partial charge in [0.15, 0.2) is 0 Å². The highest BCUT2D eigenvalue weighted by atomic mass is 79.9. The fraction of sp³-hybridized carbons (Fsp3) is 0.667. The van der Waals surface area contributed by atoms with Gasteiger partial charge in [0.05, 0.1) is 0 Å². The summed E-state index contributed by atoms with van der Waals surface area (Å²) in [5, 5.41) is 5.72. The molecule has 1 aliphatic rings. The number of nitrogens with one attached hydrogen (secondary N) is 1. The third-order valence-corrected chi connectivity index (χ3v) is 4.96. The smallest absolute Gasteiger partial charge is 0.0327 e. The maximum atomic E-state index is 3.59. The fourth-order valence-electron chi connectivity index (χ4n) is 2.14. The minimum Gasteiger partial charge on any atom is -0.308 e. The monoisotopic (exact) mass is 302 g/mol. The van der Waals surface area contributed by atoms with Crippen molar-refractivity contribution in [1.29, 1.82) is 0 Å². The van der Waals surface area contributed by atoms with E-state index in [0.717, 1.165) is 6.54 Å². The Hall–Kier alpha value is 0.100. The lowest BCUT2D eigenvalue weighted by atomic mass is 10.3. The highest BCUT2D eigenvalue weighted by Crippen LogP contribution is 2.22. The van der Waals surface area contributed by atoms with E-state index >= 15 is 0 Å². The van der Waals surface area contributed by atoms with Crippen LogP contribution in [-0.4, -0.2) is 30.6 Å². The maximum absolute atomic E-state index is 3.59. The first kappa shape index (κ1) is 12.6. The van der Waals surface area contributed by atoms with Gasteiger partial charge in [0.2, 0.25) is 0 Å². The van der Waals surface area contributed by atoms with Crippen LogP contribution in [0.5, 0.6) is 0 Å². The molecule has 0 aliphatic carbocycles. The number of nitrogens with zero attached hydrogens (tertiary/aromatic N) is 1. The van der Waals surface area contributed by atoms with Gasteiger partial charge in [0.1, 0.15) is 0 Å². The molecule has 0 spiro atoms. The topological polar surface area (TPSA) is 15.3 Å². The molecule has 1 unspecified atom stereocenters. The van der Waals surface area contributed by atoms with Crippen molar-refractivity contribution in [3.05, 3.63) is 20.8 Å². The first-order valence-electron chi connectivity index (χ1n) is 5.93. The molecule has 4 heteroatoms. The van der Waals surface area contributed by atoms with E-state index in [2.05, 4.69) is 44.5 Å². The molecule has 0 aromatic carbocycles. The Labute approximate surface area is 110 Å². The predicted molar refractivity (Wildman–Crippen MR) is 74.0 cm³/mol. The molecule has 2 rings (SSSR count). The van der Waals surface area contributed by atoms with Crippen LogP contribution in [0.3, 0.4) is 0 Å². The second kappa shape index (κ2) is 6.15. The van der Waals surface area contributed by atoms with Crippen molar-refractivity contribution in [1.82, 2.24) is 10.2 Å². The van der Waals surface area contributed by atoms with Gasteiger partial charge in [-0.3, -0.25) is 0 Å². The van der Waals surface area contributed by atoms with Crippen LogP contribution < -0.4 is 5.32 Å². The van der Waals surface area contributed by atoms with Gasteiger partial charge < -0.3 is 10.2 Å². The fourth-order valence-corrected chi connectivity index (χ4v) is 3.58. The third kappa shape index (κ3) is 3.55. The standard InChI is InChI=1S/C12H19BrN2S/c1-10(9-15-5-2-3-6-15)14-8-12-11(13)4-7-16-12/h4,7,10,14H,2-3,5-6,8-9H2,1H3. The minimum atomic E-state index is 0.576. The predicted octanol–water partition coefficient (Wildman–Crippen LogP) is 3.08. The molecule has 16 heavy (non-hydrogen) atoms. The molecule has 1 aliphatic heterocycles. The molecule has 0 saturated carbocycles. The van der Waals surface area contributed by atoms with Crippen molar-refractivity contribution in [2.45, 2.75) is 32.4 Å². The molecule has 1 N–H and O–H groups in total. The Bertz CT molecular complexity index is 321. The molecule has 1 aromatic heterocycles. The van der Waals surface area contributed by atoms with Gasteiger partial charge in [0, 0.05) is 28.5 Å². The molecule has 0 amide bonds. The van der Waals surface area contributed by atoms with Crippen LogP contribution in [0.4, 0.5) is 0 Å². The Morgan fingerprint density at radius 3 is 2.88 bits per heavy atom. The molecule has 2 heterocycles. The van der Waals surface area contributed by atoms with E-state index in [1.165, 1.54) is 41.8 Å². The van der Waals surface area contributed by atoms with E-state index in [1.54, 1.807) is 0 Å². The third-order valence-electron chi connectivity index (χ3n) is 3.03. The second-order valence-electron chi connectivity index (χ2n) is 4.48.